The molecule has 2 nitrogen and oxygen atoms in total. The van der Waals surface area contributed by atoms with Crippen molar-refractivity contribution in [1.82, 2.24) is 0 Å². The largest absolute Gasteiger partial charge is 0.497 e. The second-order valence-electron chi connectivity index (χ2n) is 7.99. The maximum Gasteiger partial charge on any atom is 0.119 e. The summed E-state index contributed by atoms with van der Waals surface area (Å²) in [6.45, 7) is 4.94. The summed E-state index contributed by atoms with van der Waals surface area (Å²) in [5, 5.41) is 0. The van der Waals surface area contributed by atoms with Crippen LogP contribution in [0, 0.1) is 5.41 Å². The van der Waals surface area contributed by atoms with Crippen LogP contribution in [0.2, 0.25) is 0 Å². The van der Waals surface area contributed by atoms with Gasteiger partial charge in [0, 0.05) is 5.41 Å². The summed E-state index contributed by atoms with van der Waals surface area (Å²) in [6, 6.07) is 6.70. The van der Waals surface area contributed by atoms with E-state index < -0.39 is 0 Å². The highest BCUT2D eigenvalue weighted by molar-refractivity contribution is 14.1. The fraction of sp³-hybridized carbons (Fsp3) is 0.600. The van der Waals surface area contributed by atoms with Gasteiger partial charge in [-0.05, 0) is 67.2 Å². The first kappa shape index (κ1) is 15.9. The van der Waals surface area contributed by atoms with Crippen LogP contribution in [0.25, 0.3) is 0 Å². The first-order valence-electron chi connectivity index (χ1n) is 8.68. The summed E-state index contributed by atoms with van der Waals surface area (Å²) >= 11 is 2.09. The number of ether oxygens (including phenoxy) is 1. The molecule has 0 saturated heterocycles. The van der Waals surface area contributed by atoms with Crippen LogP contribution >= 0.6 is 23.0 Å². The van der Waals surface area contributed by atoms with Crippen molar-refractivity contribution in [1.29, 1.82) is 0 Å². The molecule has 0 radical (unpaired) electrons. The van der Waals surface area contributed by atoms with E-state index in [0.29, 0.717) is 11.5 Å². The number of hydrogen-bond acceptors (Lipinski definition) is 2. The normalized spacial score (nSPS) is 35.6. The molecule has 3 heteroatoms. The van der Waals surface area contributed by atoms with Crippen molar-refractivity contribution >= 4 is 23.0 Å². The molecule has 0 bridgehead atoms. The van der Waals surface area contributed by atoms with Gasteiger partial charge in [0.25, 0.3) is 0 Å². The molecule has 3 aliphatic carbocycles. The van der Waals surface area contributed by atoms with Gasteiger partial charge in [0.1, 0.15) is 28.8 Å². The smallest absolute Gasteiger partial charge is 0.119 e. The van der Waals surface area contributed by atoms with Gasteiger partial charge in [-0.25, -0.2) is 0 Å². The van der Waals surface area contributed by atoms with Gasteiger partial charge in [-0.1, -0.05) is 31.1 Å². The Morgan fingerprint density at radius 3 is 2.70 bits per heavy atom. The zero-order chi connectivity index (χ0) is 16.2. The monoisotopic (exact) mass is 424 g/mol. The number of hydrogen-bond donors (Lipinski definition) is 0. The lowest BCUT2D eigenvalue weighted by atomic mass is 9.56. The van der Waals surface area contributed by atoms with Gasteiger partial charge in [-0.15, -0.1) is 0 Å². The Morgan fingerprint density at radius 1 is 1.13 bits per heavy atom. The van der Waals surface area contributed by atoms with Gasteiger partial charge in [-0.2, -0.15) is 0 Å². The molecule has 1 aromatic carbocycles. The third-order valence-corrected chi connectivity index (χ3v) is 7.44. The van der Waals surface area contributed by atoms with Gasteiger partial charge < -0.3 is 7.80 Å². The van der Waals surface area contributed by atoms with E-state index in [9.17, 15) is 0 Å². The fourth-order valence-electron chi connectivity index (χ4n) is 5.41. The average molecular weight is 424 g/mol. The third kappa shape index (κ3) is 2.30. The van der Waals surface area contributed by atoms with Crippen molar-refractivity contribution in [2.24, 2.45) is 5.41 Å². The second kappa shape index (κ2) is 5.48. The van der Waals surface area contributed by atoms with Gasteiger partial charge in [0.15, 0.2) is 0 Å². The van der Waals surface area contributed by atoms with E-state index >= 15 is 0 Å². The molecule has 1 aromatic rings. The van der Waals surface area contributed by atoms with Crippen LogP contribution in [-0.4, -0.2) is 13.2 Å². The van der Waals surface area contributed by atoms with Gasteiger partial charge >= 0.3 is 0 Å². The fourth-order valence-corrected chi connectivity index (χ4v) is 5.77. The zero-order valence-electron chi connectivity index (χ0n) is 14.2. The maximum atomic E-state index is 5.70. The van der Waals surface area contributed by atoms with E-state index in [-0.39, 0.29) is 5.41 Å². The Balaban J connectivity index is 1.83. The van der Waals surface area contributed by atoms with Crippen molar-refractivity contribution in [2.45, 2.75) is 63.9 Å². The minimum absolute atomic E-state index is 0.217. The van der Waals surface area contributed by atoms with Crippen LogP contribution in [0.1, 0.15) is 57.1 Å². The van der Waals surface area contributed by atoms with E-state index in [1.165, 1.54) is 36.8 Å². The quantitative estimate of drug-likeness (QED) is 0.460. The van der Waals surface area contributed by atoms with E-state index in [2.05, 4.69) is 55.1 Å². The van der Waals surface area contributed by atoms with E-state index in [4.69, 9.17) is 7.80 Å². The molecule has 23 heavy (non-hydrogen) atoms. The minimum atomic E-state index is 0.217. The predicted molar refractivity (Wildman–Crippen MR) is 101 cm³/mol. The molecule has 4 rings (SSSR count). The molecule has 0 N–H and O–H groups in total. The van der Waals surface area contributed by atoms with E-state index in [0.717, 1.165) is 18.6 Å². The molecule has 1 fully saturated rings. The molecule has 0 spiro atoms. The summed E-state index contributed by atoms with van der Waals surface area (Å²) in [7, 11) is 1.76. The summed E-state index contributed by atoms with van der Waals surface area (Å²) in [6.07, 6.45) is 7.63. The molecule has 3 atom stereocenters. The lowest BCUT2D eigenvalue weighted by Crippen LogP contribution is -2.38. The van der Waals surface area contributed by atoms with Gasteiger partial charge in [0.05, 0.1) is 13.2 Å². The first-order chi connectivity index (χ1) is 11.0. The number of halogens is 1. The molecule has 2 unspecified atom stereocenters. The predicted octanol–water partition coefficient (Wildman–Crippen LogP) is 5.52. The van der Waals surface area contributed by atoms with Crippen molar-refractivity contribution in [3.63, 3.8) is 0 Å². The highest BCUT2D eigenvalue weighted by Crippen LogP contribution is 2.60. The van der Waals surface area contributed by atoms with E-state index in [1.807, 2.05) is 0 Å². The number of benzene rings is 1. The summed E-state index contributed by atoms with van der Waals surface area (Å²) in [5.41, 5.74) is 7.05. The molecular formula is C20H25IO2. The number of rotatable bonds is 2. The van der Waals surface area contributed by atoms with Crippen molar-refractivity contribution in [2.75, 3.05) is 7.11 Å². The highest BCUT2D eigenvalue weighted by Gasteiger charge is 2.50. The Labute approximate surface area is 153 Å². The zero-order valence-corrected chi connectivity index (χ0v) is 16.4. The molecule has 0 amide bonds. The van der Waals surface area contributed by atoms with Crippen LogP contribution < -0.4 is 4.74 Å². The topological polar surface area (TPSA) is 18.5 Å². The lowest BCUT2D eigenvalue weighted by Gasteiger charge is -2.48. The summed E-state index contributed by atoms with van der Waals surface area (Å²) < 4.78 is 11.1. The van der Waals surface area contributed by atoms with Crippen molar-refractivity contribution in [3.8, 4) is 5.75 Å². The molecular weight excluding hydrogens is 399 g/mol. The Hall–Kier alpha value is -0.550. The van der Waals surface area contributed by atoms with Crippen LogP contribution in [0.5, 0.6) is 5.75 Å². The third-order valence-electron chi connectivity index (χ3n) is 6.72. The molecule has 0 aromatic heterocycles. The average Bonchev–Trinajstić information content (AvgIpc) is 2.91. The highest BCUT2D eigenvalue weighted by atomic mass is 127. The second-order valence-corrected chi connectivity index (χ2v) is 8.50. The lowest BCUT2D eigenvalue weighted by molar-refractivity contribution is 0.226. The molecule has 124 valence electrons. The molecule has 0 aliphatic heterocycles. The van der Waals surface area contributed by atoms with Crippen molar-refractivity contribution < 1.29 is 7.80 Å². The number of aryl methyl sites for hydroxylation is 1. The van der Waals surface area contributed by atoms with Crippen molar-refractivity contribution in [3.05, 3.63) is 40.5 Å². The number of fused-ring (bicyclic) bond motifs is 4. The molecule has 1 saturated carbocycles. The summed E-state index contributed by atoms with van der Waals surface area (Å²) in [5.74, 6) is 0.989. The van der Waals surface area contributed by atoms with Crippen LogP contribution in [-0.2, 0) is 14.9 Å². The Kier molecular flexibility index (Phi) is 3.80. The first-order valence-corrected chi connectivity index (χ1v) is 9.56. The SMILES string of the molecule is COc1ccc2c(c1)CCC1=C3C[C@@H](OI)CC3(C)CCC12C. The van der Waals surface area contributed by atoms with E-state index in [1.54, 1.807) is 18.3 Å². The van der Waals surface area contributed by atoms with Gasteiger partial charge in [-0.3, -0.25) is 0 Å². The summed E-state index contributed by atoms with van der Waals surface area (Å²) in [4.78, 5) is 0. The number of allylic oxidation sites excluding steroid dienone is 1. The maximum absolute atomic E-state index is 5.70. The molecule has 3 aliphatic rings. The van der Waals surface area contributed by atoms with Crippen LogP contribution in [0.3, 0.4) is 0 Å². The Bertz CT molecular complexity index is 680. The van der Waals surface area contributed by atoms with Gasteiger partial charge in [0.2, 0.25) is 0 Å². The number of methoxy groups -OCH3 is 1. The standard InChI is InChI=1S/C20H25IO2/c1-19-8-9-20(2)16-7-5-14(22-3)10-13(16)4-6-17(20)18(19)11-15(12-19)23-21/h5,7,10,15H,4,6,8-9,11-12H2,1-3H3/t15-,19?,20?/m1/s1. The Morgan fingerprint density at radius 2 is 1.96 bits per heavy atom. The minimum Gasteiger partial charge on any atom is -0.497 e. The van der Waals surface area contributed by atoms with Crippen LogP contribution in [0.15, 0.2) is 29.3 Å². The van der Waals surface area contributed by atoms with Crippen LogP contribution in [0.4, 0.5) is 0 Å². The molecule has 0 heterocycles.